The van der Waals surface area contributed by atoms with Gasteiger partial charge in [0.15, 0.2) is 0 Å². The molecule has 0 radical (unpaired) electrons. The van der Waals surface area contributed by atoms with E-state index in [0.717, 1.165) is 29.0 Å². The fourth-order valence-electron chi connectivity index (χ4n) is 2.50. The standard InChI is InChI=1S/C20H19N3O4/c1-14-10-17(27-16-6-4-3-5-7-16)8-9-18(14)20-21-12-15(23-20)11-19(24)26-13-22-25-2/h3-10,12-13H,11H2,1-2H3,(H,21,23). The Labute approximate surface area is 156 Å². The Bertz CT molecular complexity index is 935. The number of aromatic nitrogens is 2. The molecule has 0 fully saturated rings. The third kappa shape index (κ3) is 4.94. The SMILES string of the molecule is CON=COC(=O)Cc1cnc(-c2ccc(Oc3ccccc3)cc2C)[nH]1. The van der Waals surface area contributed by atoms with Crippen LogP contribution in [0.4, 0.5) is 0 Å². The van der Waals surface area contributed by atoms with Gasteiger partial charge in [-0.1, -0.05) is 23.4 Å². The minimum atomic E-state index is -0.464. The molecule has 0 saturated carbocycles. The van der Waals surface area contributed by atoms with E-state index in [1.165, 1.54) is 7.11 Å². The lowest BCUT2D eigenvalue weighted by Crippen LogP contribution is -2.07. The average molecular weight is 365 g/mol. The molecular weight excluding hydrogens is 346 g/mol. The van der Waals surface area contributed by atoms with Crippen molar-refractivity contribution in [2.24, 2.45) is 5.16 Å². The molecule has 0 unspecified atom stereocenters. The first-order valence-corrected chi connectivity index (χ1v) is 8.28. The first-order valence-electron chi connectivity index (χ1n) is 8.28. The van der Waals surface area contributed by atoms with Crippen molar-refractivity contribution in [3.63, 3.8) is 0 Å². The highest BCUT2D eigenvalue weighted by Gasteiger charge is 2.11. The van der Waals surface area contributed by atoms with Crippen molar-refractivity contribution in [2.45, 2.75) is 13.3 Å². The zero-order valence-corrected chi connectivity index (χ0v) is 15.0. The number of carbonyl (C=O) groups is 1. The van der Waals surface area contributed by atoms with Crippen molar-refractivity contribution in [1.82, 2.24) is 9.97 Å². The minimum Gasteiger partial charge on any atom is -0.457 e. The summed E-state index contributed by atoms with van der Waals surface area (Å²) in [6.45, 7) is 1.98. The number of oxime groups is 1. The number of nitrogens with zero attached hydrogens (tertiary/aromatic N) is 2. The van der Waals surface area contributed by atoms with E-state index in [9.17, 15) is 4.79 Å². The normalized spacial score (nSPS) is 10.7. The number of H-pyrrole nitrogens is 1. The van der Waals surface area contributed by atoms with Crippen LogP contribution in [0.15, 0.2) is 59.9 Å². The van der Waals surface area contributed by atoms with E-state index >= 15 is 0 Å². The third-order valence-corrected chi connectivity index (χ3v) is 3.73. The van der Waals surface area contributed by atoms with Crippen molar-refractivity contribution in [3.05, 3.63) is 66.0 Å². The number of imidazole rings is 1. The maximum absolute atomic E-state index is 11.7. The molecule has 0 spiro atoms. The molecule has 1 N–H and O–H groups in total. The Hall–Kier alpha value is -3.61. The quantitative estimate of drug-likeness (QED) is 0.297. The van der Waals surface area contributed by atoms with Gasteiger partial charge in [-0.3, -0.25) is 4.79 Å². The number of carbonyl (C=O) groups excluding carboxylic acids is 1. The first kappa shape index (κ1) is 18.2. The Kier molecular flexibility index (Phi) is 5.84. The summed E-state index contributed by atoms with van der Waals surface area (Å²) in [4.78, 5) is 23.6. The number of hydrogen-bond donors (Lipinski definition) is 1. The number of aromatic amines is 1. The third-order valence-electron chi connectivity index (χ3n) is 3.73. The highest BCUT2D eigenvalue weighted by Crippen LogP contribution is 2.28. The summed E-state index contributed by atoms with van der Waals surface area (Å²) in [7, 11) is 1.37. The molecule has 0 aliphatic carbocycles. The highest BCUT2D eigenvalue weighted by molar-refractivity contribution is 5.79. The number of para-hydroxylation sites is 1. The van der Waals surface area contributed by atoms with Crippen molar-refractivity contribution >= 4 is 12.4 Å². The zero-order chi connectivity index (χ0) is 19.1. The van der Waals surface area contributed by atoms with Gasteiger partial charge in [-0.25, -0.2) is 4.98 Å². The van der Waals surface area contributed by atoms with Gasteiger partial charge in [0.05, 0.1) is 6.42 Å². The van der Waals surface area contributed by atoms with E-state index < -0.39 is 5.97 Å². The van der Waals surface area contributed by atoms with Crippen LogP contribution < -0.4 is 4.74 Å². The second-order valence-corrected chi connectivity index (χ2v) is 5.71. The van der Waals surface area contributed by atoms with E-state index in [1.54, 1.807) is 6.20 Å². The van der Waals surface area contributed by atoms with Crippen LogP contribution in [-0.2, 0) is 20.8 Å². The van der Waals surface area contributed by atoms with Gasteiger partial charge in [-0.15, -0.1) is 0 Å². The van der Waals surface area contributed by atoms with Crippen LogP contribution in [0.5, 0.6) is 11.5 Å². The van der Waals surface area contributed by atoms with E-state index in [4.69, 9.17) is 9.47 Å². The molecule has 0 saturated heterocycles. The number of nitrogens with one attached hydrogen (secondary N) is 1. The molecule has 3 rings (SSSR count). The maximum Gasteiger partial charge on any atom is 0.318 e. The molecule has 1 aromatic heterocycles. The predicted octanol–water partition coefficient (Wildman–Crippen LogP) is 3.85. The monoisotopic (exact) mass is 365 g/mol. The Morgan fingerprint density at radius 3 is 2.74 bits per heavy atom. The first-order chi connectivity index (χ1) is 13.2. The smallest absolute Gasteiger partial charge is 0.318 e. The summed E-state index contributed by atoms with van der Waals surface area (Å²) in [5.74, 6) is 1.73. The van der Waals surface area contributed by atoms with Gasteiger partial charge in [0, 0.05) is 17.5 Å². The molecule has 3 aromatic rings. The van der Waals surface area contributed by atoms with E-state index in [0.29, 0.717) is 11.5 Å². The highest BCUT2D eigenvalue weighted by atomic mass is 16.6. The Morgan fingerprint density at radius 2 is 2.00 bits per heavy atom. The zero-order valence-electron chi connectivity index (χ0n) is 15.0. The number of hydrogen-bond acceptors (Lipinski definition) is 6. The van der Waals surface area contributed by atoms with Crippen molar-refractivity contribution < 1.29 is 19.1 Å². The molecule has 27 heavy (non-hydrogen) atoms. The number of rotatable bonds is 7. The topological polar surface area (TPSA) is 85.8 Å². The van der Waals surface area contributed by atoms with Gasteiger partial charge < -0.3 is 19.3 Å². The van der Waals surface area contributed by atoms with E-state index in [1.807, 2.05) is 55.5 Å². The second-order valence-electron chi connectivity index (χ2n) is 5.71. The molecule has 0 aliphatic heterocycles. The fraction of sp³-hybridized carbons (Fsp3) is 0.150. The number of esters is 1. The molecule has 1 heterocycles. The van der Waals surface area contributed by atoms with Crippen molar-refractivity contribution in [2.75, 3.05) is 7.11 Å². The van der Waals surface area contributed by atoms with Gasteiger partial charge >= 0.3 is 5.97 Å². The summed E-state index contributed by atoms with van der Waals surface area (Å²) in [6, 6.07) is 15.3. The molecule has 2 aromatic carbocycles. The van der Waals surface area contributed by atoms with E-state index in [-0.39, 0.29) is 6.42 Å². The second kappa shape index (κ2) is 8.66. The van der Waals surface area contributed by atoms with Crippen LogP contribution in [0, 0.1) is 6.92 Å². The van der Waals surface area contributed by atoms with Crippen molar-refractivity contribution in [3.8, 4) is 22.9 Å². The number of aryl methyl sites for hydroxylation is 1. The van der Waals surface area contributed by atoms with Crippen LogP contribution in [-0.4, -0.2) is 29.4 Å². The van der Waals surface area contributed by atoms with Crippen molar-refractivity contribution in [1.29, 1.82) is 0 Å². The summed E-state index contributed by atoms with van der Waals surface area (Å²) in [5, 5.41) is 3.35. The molecule has 0 aliphatic rings. The lowest BCUT2D eigenvalue weighted by Gasteiger charge is -2.08. The average Bonchev–Trinajstić information content (AvgIpc) is 3.11. The van der Waals surface area contributed by atoms with Gasteiger partial charge in [-0.05, 0) is 42.8 Å². The lowest BCUT2D eigenvalue weighted by molar-refractivity contribution is -0.134. The molecule has 7 heteroatoms. The van der Waals surface area contributed by atoms with Gasteiger partial charge in [0.2, 0.25) is 6.40 Å². The van der Waals surface area contributed by atoms with Crippen LogP contribution in [0.25, 0.3) is 11.4 Å². The summed E-state index contributed by atoms with van der Waals surface area (Å²) >= 11 is 0. The van der Waals surface area contributed by atoms with Crippen LogP contribution >= 0.6 is 0 Å². The van der Waals surface area contributed by atoms with Crippen LogP contribution in [0.2, 0.25) is 0 Å². The Balaban J connectivity index is 1.69. The lowest BCUT2D eigenvalue weighted by atomic mass is 10.1. The maximum atomic E-state index is 11.7. The van der Waals surface area contributed by atoms with E-state index in [2.05, 4.69) is 20.0 Å². The van der Waals surface area contributed by atoms with Gasteiger partial charge in [0.25, 0.3) is 0 Å². The largest absolute Gasteiger partial charge is 0.457 e. The molecule has 0 amide bonds. The Morgan fingerprint density at radius 1 is 1.19 bits per heavy atom. The van der Waals surface area contributed by atoms with Gasteiger partial charge in [0.1, 0.15) is 24.4 Å². The minimum absolute atomic E-state index is 0.0526. The fourth-order valence-corrected chi connectivity index (χ4v) is 2.50. The number of benzene rings is 2. The predicted molar refractivity (Wildman–Crippen MR) is 101 cm³/mol. The molecule has 138 valence electrons. The van der Waals surface area contributed by atoms with Crippen LogP contribution in [0.1, 0.15) is 11.3 Å². The molecule has 0 atom stereocenters. The summed E-state index contributed by atoms with van der Waals surface area (Å²) in [6.07, 6.45) is 2.62. The number of ether oxygens (including phenoxy) is 2. The van der Waals surface area contributed by atoms with Crippen LogP contribution in [0.3, 0.4) is 0 Å². The molecule has 7 nitrogen and oxygen atoms in total. The van der Waals surface area contributed by atoms with Gasteiger partial charge in [-0.2, -0.15) is 0 Å². The molecular formula is C20H19N3O4. The molecule has 0 bridgehead atoms. The summed E-state index contributed by atoms with van der Waals surface area (Å²) in [5.41, 5.74) is 2.57. The summed E-state index contributed by atoms with van der Waals surface area (Å²) < 4.78 is 10.6.